The van der Waals surface area contributed by atoms with Gasteiger partial charge in [0.2, 0.25) is 5.91 Å². The highest BCUT2D eigenvalue weighted by Gasteiger charge is 2.43. The van der Waals surface area contributed by atoms with Crippen molar-refractivity contribution in [2.75, 3.05) is 13.2 Å². The first-order chi connectivity index (χ1) is 17.2. The number of amides is 1. The Morgan fingerprint density at radius 2 is 1.29 bits per heavy atom. The Hall–Kier alpha value is -3.25. The normalized spacial score (nSPS) is 20.1. The van der Waals surface area contributed by atoms with Crippen LogP contribution in [0.2, 0.25) is 0 Å². The molecule has 1 saturated heterocycles. The average Bonchev–Trinajstić information content (AvgIpc) is 2.90. The highest BCUT2D eigenvalue weighted by atomic mass is 16.5. The molecule has 5 heteroatoms. The van der Waals surface area contributed by atoms with E-state index < -0.39 is 0 Å². The molecule has 1 heterocycles. The number of rotatable bonds is 12. The van der Waals surface area contributed by atoms with Crippen LogP contribution in [-0.2, 0) is 38.8 Å². The SMILES string of the molecule is C=CCN1C(=O)C[C@@H](OCc2ccccc2)C(OCc2ccccc2)C1COCc1ccccc1. The lowest BCUT2D eigenvalue weighted by Crippen LogP contribution is -2.60. The van der Waals surface area contributed by atoms with Gasteiger partial charge in [-0.3, -0.25) is 4.79 Å². The number of nitrogens with zero attached hydrogens (tertiary/aromatic N) is 1. The van der Waals surface area contributed by atoms with Crippen molar-refractivity contribution in [2.24, 2.45) is 0 Å². The minimum absolute atomic E-state index is 0.0239. The zero-order chi connectivity index (χ0) is 24.3. The molecule has 0 saturated carbocycles. The summed E-state index contributed by atoms with van der Waals surface area (Å²) in [5, 5.41) is 0. The van der Waals surface area contributed by atoms with Gasteiger partial charge in [0.25, 0.3) is 0 Å². The van der Waals surface area contributed by atoms with Gasteiger partial charge in [-0.1, -0.05) is 97.1 Å². The fourth-order valence-corrected chi connectivity index (χ4v) is 4.36. The lowest BCUT2D eigenvalue weighted by molar-refractivity contribution is -0.175. The summed E-state index contributed by atoms with van der Waals surface area (Å²) in [5.74, 6) is 0.0239. The first-order valence-corrected chi connectivity index (χ1v) is 12.1. The molecule has 0 aromatic heterocycles. The summed E-state index contributed by atoms with van der Waals surface area (Å²) in [7, 11) is 0. The molecule has 0 spiro atoms. The van der Waals surface area contributed by atoms with Crippen molar-refractivity contribution >= 4 is 5.91 Å². The summed E-state index contributed by atoms with van der Waals surface area (Å²) in [5.41, 5.74) is 3.22. The Morgan fingerprint density at radius 3 is 1.83 bits per heavy atom. The minimum atomic E-state index is -0.377. The molecule has 182 valence electrons. The first-order valence-electron chi connectivity index (χ1n) is 12.1. The van der Waals surface area contributed by atoms with E-state index in [1.54, 1.807) is 6.08 Å². The number of likely N-dealkylation sites (tertiary alicyclic amines) is 1. The molecule has 1 aliphatic heterocycles. The van der Waals surface area contributed by atoms with Crippen molar-refractivity contribution in [3.8, 4) is 0 Å². The maximum absolute atomic E-state index is 13.2. The fourth-order valence-electron chi connectivity index (χ4n) is 4.36. The molecule has 1 fully saturated rings. The van der Waals surface area contributed by atoms with Crippen LogP contribution in [0.15, 0.2) is 104 Å². The quantitative estimate of drug-likeness (QED) is 0.342. The molecule has 3 atom stereocenters. The van der Waals surface area contributed by atoms with Crippen molar-refractivity contribution in [3.05, 3.63) is 120 Å². The second-order valence-electron chi connectivity index (χ2n) is 8.70. The minimum Gasteiger partial charge on any atom is -0.375 e. The third-order valence-corrected chi connectivity index (χ3v) is 6.16. The second-order valence-corrected chi connectivity index (χ2v) is 8.70. The second kappa shape index (κ2) is 13.0. The van der Waals surface area contributed by atoms with Gasteiger partial charge in [-0.2, -0.15) is 0 Å². The van der Waals surface area contributed by atoms with E-state index in [1.165, 1.54) is 0 Å². The smallest absolute Gasteiger partial charge is 0.225 e. The lowest BCUT2D eigenvalue weighted by Gasteiger charge is -2.44. The summed E-state index contributed by atoms with van der Waals surface area (Å²) in [6.45, 7) is 5.96. The van der Waals surface area contributed by atoms with Crippen LogP contribution in [0.1, 0.15) is 23.1 Å². The van der Waals surface area contributed by atoms with Crippen LogP contribution in [0, 0.1) is 0 Å². The maximum atomic E-state index is 13.2. The highest BCUT2D eigenvalue weighted by molar-refractivity contribution is 5.78. The van der Waals surface area contributed by atoms with E-state index in [9.17, 15) is 4.79 Å². The van der Waals surface area contributed by atoms with Gasteiger partial charge in [0.05, 0.1) is 45.0 Å². The van der Waals surface area contributed by atoms with E-state index in [0.29, 0.717) is 33.0 Å². The molecule has 0 N–H and O–H groups in total. The van der Waals surface area contributed by atoms with Crippen LogP contribution in [-0.4, -0.2) is 42.2 Å². The topological polar surface area (TPSA) is 48.0 Å². The summed E-state index contributed by atoms with van der Waals surface area (Å²) in [4.78, 5) is 15.0. The van der Waals surface area contributed by atoms with Crippen molar-refractivity contribution < 1.29 is 19.0 Å². The fraction of sp³-hybridized carbons (Fsp3) is 0.300. The highest BCUT2D eigenvalue weighted by Crippen LogP contribution is 2.27. The molecular weight excluding hydrogens is 438 g/mol. The van der Waals surface area contributed by atoms with Gasteiger partial charge in [0.1, 0.15) is 6.10 Å². The monoisotopic (exact) mass is 471 g/mol. The number of carbonyl (C=O) groups is 1. The summed E-state index contributed by atoms with van der Waals surface area (Å²) < 4.78 is 18.9. The molecule has 35 heavy (non-hydrogen) atoms. The van der Waals surface area contributed by atoms with Gasteiger partial charge >= 0.3 is 0 Å². The number of carbonyl (C=O) groups excluding carboxylic acids is 1. The summed E-state index contributed by atoms with van der Waals surface area (Å²) in [6, 6.07) is 29.8. The summed E-state index contributed by atoms with van der Waals surface area (Å²) in [6.07, 6.45) is 1.29. The van der Waals surface area contributed by atoms with Gasteiger partial charge in [-0.05, 0) is 16.7 Å². The van der Waals surface area contributed by atoms with Crippen LogP contribution in [0.3, 0.4) is 0 Å². The van der Waals surface area contributed by atoms with Crippen molar-refractivity contribution in [1.82, 2.24) is 4.90 Å². The molecule has 0 bridgehead atoms. The van der Waals surface area contributed by atoms with Crippen molar-refractivity contribution in [2.45, 2.75) is 44.5 Å². The largest absolute Gasteiger partial charge is 0.375 e. The number of ether oxygens (including phenoxy) is 3. The van der Waals surface area contributed by atoms with Crippen molar-refractivity contribution in [1.29, 1.82) is 0 Å². The average molecular weight is 472 g/mol. The molecule has 1 aliphatic rings. The van der Waals surface area contributed by atoms with E-state index in [1.807, 2.05) is 95.9 Å². The summed E-state index contributed by atoms with van der Waals surface area (Å²) >= 11 is 0. The zero-order valence-electron chi connectivity index (χ0n) is 20.0. The number of piperidine rings is 1. The molecule has 3 aromatic carbocycles. The molecule has 1 amide bonds. The number of hydrogen-bond donors (Lipinski definition) is 0. The van der Waals surface area contributed by atoms with E-state index in [4.69, 9.17) is 14.2 Å². The zero-order valence-corrected chi connectivity index (χ0v) is 20.0. The number of hydrogen-bond acceptors (Lipinski definition) is 4. The Bertz CT molecular complexity index is 1040. The Kier molecular flexibility index (Phi) is 9.24. The van der Waals surface area contributed by atoms with Gasteiger partial charge in [0.15, 0.2) is 0 Å². The standard InChI is InChI=1S/C30H33NO4/c1-2-18-31-27(23-33-20-24-12-6-3-7-13-24)30(35-22-26-16-10-5-11-17-26)28(19-29(31)32)34-21-25-14-8-4-9-15-25/h2-17,27-28,30H,1,18-23H2/t27?,28-,30?/m1/s1. The van der Waals surface area contributed by atoms with Crippen LogP contribution >= 0.6 is 0 Å². The van der Waals surface area contributed by atoms with Crippen LogP contribution in [0.25, 0.3) is 0 Å². The Labute approximate surface area is 207 Å². The van der Waals surface area contributed by atoms with Gasteiger partial charge in [0, 0.05) is 6.54 Å². The van der Waals surface area contributed by atoms with Crippen LogP contribution in [0.4, 0.5) is 0 Å². The predicted molar refractivity (Wildman–Crippen MR) is 136 cm³/mol. The van der Waals surface area contributed by atoms with Crippen molar-refractivity contribution in [3.63, 3.8) is 0 Å². The van der Waals surface area contributed by atoms with Crippen LogP contribution in [0.5, 0.6) is 0 Å². The maximum Gasteiger partial charge on any atom is 0.225 e. The first kappa shape index (κ1) is 24.9. The molecule has 0 aliphatic carbocycles. The van der Waals surface area contributed by atoms with E-state index in [-0.39, 0.29) is 30.6 Å². The Balaban J connectivity index is 1.52. The molecule has 2 unspecified atom stereocenters. The molecule has 3 aromatic rings. The molecule has 0 radical (unpaired) electrons. The molecule has 5 nitrogen and oxygen atoms in total. The number of benzene rings is 3. The van der Waals surface area contributed by atoms with E-state index in [0.717, 1.165) is 16.7 Å². The van der Waals surface area contributed by atoms with E-state index in [2.05, 4.69) is 6.58 Å². The van der Waals surface area contributed by atoms with Gasteiger partial charge < -0.3 is 19.1 Å². The van der Waals surface area contributed by atoms with Gasteiger partial charge in [-0.25, -0.2) is 0 Å². The lowest BCUT2D eigenvalue weighted by atomic mass is 9.95. The van der Waals surface area contributed by atoms with E-state index >= 15 is 0 Å². The Morgan fingerprint density at radius 1 is 0.771 bits per heavy atom. The third-order valence-electron chi connectivity index (χ3n) is 6.16. The van der Waals surface area contributed by atoms with Gasteiger partial charge in [-0.15, -0.1) is 6.58 Å². The predicted octanol–water partition coefficient (Wildman–Crippen LogP) is 5.16. The molecular formula is C30H33NO4. The third kappa shape index (κ3) is 7.12. The molecule has 4 rings (SSSR count). The van der Waals surface area contributed by atoms with Crippen LogP contribution < -0.4 is 0 Å².